The van der Waals surface area contributed by atoms with Gasteiger partial charge in [-0.15, -0.1) is 0 Å². The first-order valence-corrected chi connectivity index (χ1v) is 5.20. The second-order valence-corrected chi connectivity index (χ2v) is 3.72. The van der Waals surface area contributed by atoms with Crippen LogP contribution in [0.4, 0.5) is 22.4 Å². The summed E-state index contributed by atoms with van der Waals surface area (Å²) in [6.45, 7) is 0.550. The average Bonchev–Trinajstić information content (AvgIpc) is 2.56. The second kappa shape index (κ2) is 5.55. The van der Waals surface area contributed by atoms with Gasteiger partial charge in [-0.3, -0.25) is 0 Å². The number of carbonyl (C=O) groups excluding carboxylic acids is 1. The van der Waals surface area contributed by atoms with Gasteiger partial charge in [0.15, 0.2) is 6.61 Å². The van der Waals surface area contributed by atoms with Crippen molar-refractivity contribution in [2.24, 2.45) is 0 Å². The van der Waals surface area contributed by atoms with Crippen molar-refractivity contribution >= 4 is 6.16 Å². The van der Waals surface area contributed by atoms with Gasteiger partial charge in [-0.05, 0) is 6.42 Å². The van der Waals surface area contributed by atoms with E-state index in [2.05, 4.69) is 4.74 Å². The molecule has 0 bridgehead atoms. The molecule has 0 aromatic carbocycles. The first-order chi connectivity index (χ1) is 8.26. The van der Waals surface area contributed by atoms with Crippen LogP contribution >= 0.6 is 0 Å². The van der Waals surface area contributed by atoms with E-state index < -0.39 is 36.6 Å². The Morgan fingerprint density at radius 3 is 2.67 bits per heavy atom. The summed E-state index contributed by atoms with van der Waals surface area (Å²) in [5, 5.41) is 0. The van der Waals surface area contributed by atoms with Crippen LogP contribution in [-0.4, -0.2) is 31.3 Å². The minimum atomic E-state index is -4.76. The van der Waals surface area contributed by atoms with Crippen LogP contribution in [0, 0.1) is 0 Å². The highest BCUT2D eigenvalue weighted by Crippen LogP contribution is 2.28. The molecular formula is C10H12F4O4. The van der Waals surface area contributed by atoms with E-state index in [1.165, 1.54) is 0 Å². The summed E-state index contributed by atoms with van der Waals surface area (Å²) in [4.78, 5) is 10.8. The topological polar surface area (TPSA) is 44.8 Å². The van der Waals surface area contributed by atoms with Gasteiger partial charge in [-0.25, -0.2) is 9.18 Å². The molecule has 0 amide bonds. The number of allylic oxidation sites excluding steroid dienone is 1. The van der Waals surface area contributed by atoms with Gasteiger partial charge in [0.2, 0.25) is 0 Å². The third-order valence-electron chi connectivity index (χ3n) is 2.10. The Hall–Kier alpha value is -1.31. The summed E-state index contributed by atoms with van der Waals surface area (Å²) in [6, 6.07) is 0. The number of cyclic esters (lactones) is 2. The standard InChI is InChI=1S/C10H12F4O4/c1-2-3-9(6-16-8(15)18-9)17-5-7(11)4-10(12,13)14/h4H,2-3,5-6H2,1H3/b7-4+. The molecule has 0 aromatic heterocycles. The number of hydrogen-bond donors (Lipinski definition) is 0. The van der Waals surface area contributed by atoms with Crippen LogP contribution < -0.4 is 0 Å². The van der Waals surface area contributed by atoms with E-state index in [4.69, 9.17) is 9.47 Å². The first kappa shape index (κ1) is 14.7. The van der Waals surface area contributed by atoms with Crippen molar-refractivity contribution in [3.63, 3.8) is 0 Å². The van der Waals surface area contributed by atoms with Crippen molar-refractivity contribution in [2.75, 3.05) is 13.2 Å². The summed E-state index contributed by atoms with van der Waals surface area (Å²) >= 11 is 0. The molecule has 0 spiro atoms. The molecule has 104 valence electrons. The maximum absolute atomic E-state index is 12.9. The van der Waals surface area contributed by atoms with Crippen LogP contribution in [0.1, 0.15) is 19.8 Å². The molecule has 4 nitrogen and oxygen atoms in total. The predicted molar refractivity (Wildman–Crippen MR) is 51.3 cm³/mol. The molecule has 1 aliphatic heterocycles. The van der Waals surface area contributed by atoms with Crippen molar-refractivity contribution in [1.29, 1.82) is 0 Å². The van der Waals surface area contributed by atoms with Gasteiger partial charge in [0.1, 0.15) is 12.4 Å². The van der Waals surface area contributed by atoms with Gasteiger partial charge in [0, 0.05) is 6.42 Å². The van der Waals surface area contributed by atoms with E-state index in [1.807, 2.05) is 0 Å². The van der Waals surface area contributed by atoms with Gasteiger partial charge in [-0.2, -0.15) is 13.2 Å². The highest BCUT2D eigenvalue weighted by atomic mass is 19.4. The Bertz CT molecular complexity index is 339. The van der Waals surface area contributed by atoms with Gasteiger partial charge in [0.05, 0.1) is 6.08 Å². The predicted octanol–water partition coefficient (Wildman–Crippen LogP) is 3.08. The molecule has 1 unspecified atom stereocenters. The minimum Gasteiger partial charge on any atom is -0.427 e. The van der Waals surface area contributed by atoms with E-state index in [9.17, 15) is 22.4 Å². The molecule has 1 heterocycles. The third kappa shape index (κ3) is 4.52. The lowest BCUT2D eigenvalue weighted by atomic mass is 10.1. The van der Waals surface area contributed by atoms with Crippen LogP contribution in [-0.2, 0) is 14.2 Å². The van der Waals surface area contributed by atoms with E-state index in [-0.39, 0.29) is 13.0 Å². The summed E-state index contributed by atoms with van der Waals surface area (Å²) in [5.74, 6) is -3.00. The van der Waals surface area contributed by atoms with Crippen LogP contribution in [0.5, 0.6) is 0 Å². The summed E-state index contributed by atoms with van der Waals surface area (Å²) in [7, 11) is 0. The molecule has 1 atom stereocenters. The quantitative estimate of drug-likeness (QED) is 0.570. The Balaban J connectivity index is 2.59. The highest BCUT2D eigenvalue weighted by molar-refractivity contribution is 5.62. The molecule has 0 N–H and O–H groups in total. The zero-order chi connectivity index (χ0) is 13.8. The molecule has 0 radical (unpaired) electrons. The SMILES string of the molecule is CCCC1(OC/C(F)=C\C(F)(F)F)COC(=O)O1. The van der Waals surface area contributed by atoms with Crippen LogP contribution in [0.25, 0.3) is 0 Å². The number of halogens is 4. The molecule has 18 heavy (non-hydrogen) atoms. The maximum Gasteiger partial charge on any atom is 0.511 e. The van der Waals surface area contributed by atoms with Gasteiger partial charge in [-0.1, -0.05) is 6.92 Å². The summed E-state index contributed by atoms with van der Waals surface area (Å²) in [5.41, 5.74) is 0. The zero-order valence-corrected chi connectivity index (χ0v) is 9.55. The molecule has 1 rings (SSSR count). The summed E-state index contributed by atoms with van der Waals surface area (Å²) < 4.78 is 62.5. The summed E-state index contributed by atoms with van der Waals surface area (Å²) in [6.07, 6.45) is -5.51. The smallest absolute Gasteiger partial charge is 0.427 e. The van der Waals surface area contributed by atoms with Gasteiger partial charge in [0.25, 0.3) is 5.79 Å². The van der Waals surface area contributed by atoms with Crippen LogP contribution in [0.3, 0.4) is 0 Å². The molecular weight excluding hydrogens is 260 g/mol. The Morgan fingerprint density at radius 2 is 2.22 bits per heavy atom. The number of alkyl halides is 3. The normalized spacial score (nSPS) is 24.9. The average molecular weight is 272 g/mol. The van der Waals surface area contributed by atoms with Gasteiger partial charge >= 0.3 is 12.3 Å². The van der Waals surface area contributed by atoms with Gasteiger partial charge < -0.3 is 14.2 Å². The van der Waals surface area contributed by atoms with Crippen molar-refractivity contribution in [1.82, 2.24) is 0 Å². The molecule has 8 heteroatoms. The van der Waals surface area contributed by atoms with Crippen LogP contribution in [0.2, 0.25) is 0 Å². The van der Waals surface area contributed by atoms with E-state index in [0.717, 1.165) is 0 Å². The first-order valence-electron chi connectivity index (χ1n) is 5.20. The second-order valence-electron chi connectivity index (χ2n) is 3.72. The van der Waals surface area contributed by atoms with E-state index >= 15 is 0 Å². The molecule has 1 fully saturated rings. The molecule has 0 saturated carbocycles. The van der Waals surface area contributed by atoms with E-state index in [1.54, 1.807) is 6.92 Å². The van der Waals surface area contributed by atoms with E-state index in [0.29, 0.717) is 6.42 Å². The fourth-order valence-corrected chi connectivity index (χ4v) is 1.45. The molecule has 0 aromatic rings. The Kier molecular flexibility index (Phi) is 4.55. The number of carbonyl (C=O) groups is 1. The van der Waals surface area contributed by atoms with Crippen LogP contribution in [0.15, 0.2) is 11.9 Å². The molecule has 1 aliphatic rings. The third-order valence-corrected chi connectivity index (χ3v) is 2.10. The zero-order valence-electron chi connectivity index (χ0n) is 9.55. The number of ether oxygens (including phenoxy) is 3. The number of hydrogen-bond acceptors (Lipinski definition) is 4. The monoisotopic (exact) mass is 272 g/mol. The van der Waals surface area contributed by atoms with Crippen molar-refractivity contribution in [2.45, 2.75) is 31.7 Å². The Labute approximate surface area is 100 Å². The largest absolute Gasteiger partial charge is 0.511 e. The number of rotatable bonds is 5. The Morgan fingerprint density at radius 1 is 1.56 bits per heavy atom. The molecule has 1 saturated heterocycles. The fraction of sp³-hybridized carbons (Fsp3) is 0.700. The van der Waals surface area contributed by atoms with Crippen molar-refractivity contribution in [3.05, 3.63) is 11.9 Å². The lowest BCUT2D eigenvalue weighted by molar-refractivity contribution is -0.181. The fourth-order valence-electron chi connectivity index (χ4n) is 1.45. The van der Waals surface area contributed by atoms with Crippen molar-refractivity contribution in [3.8, 4) is 0 Å². The molecule has 0 aliphatic carbocycles. The van der Waals surface area contributed by atoms with Crippen molar-refractivity contribution < 1.29 is 36.6 Å². The maximum atomic E-state index is 12.9. The lowest BCUT2D eigenvalue weighted by Crippen LogP contribution is -2.35. The lowest BCUT2D eigenvalue weighted by Gasteiger charge is -2.24. The highest BCUT2D eigenvalue weighted by Gasteiger charge is 2.43. The minimum absolute atomic E-state index is 0.206.